The maximum absolute atomic E-state index is 13.6. The predicted octanol–water partition coefficient (Wildman–Crippen LogP) is 23.8. The van der Waals surface area contributed by atoms with Gasteiger partial charge in [-0.1, -0.05) is 0 Å². The van der Waals surface area contributed by atoms with Crippen molar-refractivity contribution in [2.45, 2.75) is 247 Å². The summed E-state index contributed by atoms with van der Waals surface area (Å²) in [5.41, 5.74) is -26.0. The van der Waals surface area contributed by atoms with Crippen molar-refractivity contribution in [3.8, 4) is 0 Å². The van der Waals surface area contributed by atoms with Crippen LogP contribution in [0, 0.1) is 0 Å². The van der Waals surface area contributed by atoms with Gasteiger partial charge in [0.1, 0.15) is 6.10 Å². The maximum atomic E-state index is 13.6. The van der Waals surface area contributed by atoms with Gasteiger partial charge in [-0.25, -0.2) is 13.2 Å². The van der Waals surface area contributed by atoms with Crippen LogP contribution >= 0.6 is 0 Å². The number of alkyl halides is 70. The molecular weight excluding hydrogens is 1970 g/mol. The van der Waals surface area contributed by atoms with E-state index in [-0.39, 0.29) is 6.61 Å². The highest BCUT2D eigenvalue weighted by Crippen LogP contribution is 2.72. The van der Waals surface area contributed by atoms with E-state index >= 15 is 0 Å². The highest BCUT2D eigenvalue weighted by atomic mass is 19.5. The molecule has 4 heterocycles. The summed E-state index contributed by atoms with van der Waals surface area (Å²) in [4.78, 5) is 0. The topological polar surface area (TPSA) is 59.3 Å². The van der Waals surface area contributed by atoms with Gasteiger partial charge in [0.2, 0.25) is 0 Å². The molecule has 4 aliphatic heterocycles. The molecule has 4 unspecified atom stereocenters. The third-order valence-corrected chi connectivity index (χ3v) is 15.7. The molecule has 4 rings (SSSR count). The lowest BCUT2D eigenvalue weighted by Crippen LogP contribution is -2.79. The van der Waals surface area contributed by atoms with Crippen molar-refractivity contribution < 1.29 is 331 Å². The first-order valence-corrected chi connectivity index (χ1v) is 28.3. The Morgan fingerprint density at radius 1 is 0.164 bits per heavy atom. The van der Waals surface area contributed by atoms with E-state index in [0.717, 1.165) is 0 Å². The lowest BCUT2D eigenvalue weighted by atomic mass is 9.82. The van der Waals surface area contributed by atoms with Gasteiger partial charge in [-0.05, 0) is 0 Å². The summed E-state index contributed by atoms with van der Waals surface area (Å²) < 4.78 is 929. The summed E-state index contributed by atoms with van der Waals surface area (Å²) in [6, 6.07) is 0. The predicted molar refractivity (Wildman–Crippen MR) is 236 cm³/mol. The molecule has 0 aromatic rings. The number of hydrogen-bond donors (Lipinski definition) is 0. The van der Waals surface area contributed by atoms with Gasteiger partial charge in [0.15, 0.2) is 0 Å². The summed E-state index contributed by atoms with van der Waals surface area (Å²) in [6.45, 7) is -4.29. The highest BCUT2D eigenvalue weighted by Gasteiger charge is 3.03. The smallest absolute Gasteiger partial charge is 0.378 e. The largest absolute Gasteiger partial charge is 0.460 e. The third kappa shape index (κ3) is 17.6. The molecule has 0 saturated carbocycles. The lowest BCUT2D eigenvalue weighted by molar-refractivity contribution is -0.481. The molecule has 122 heavy (non-hydrogen) atoms. The zero-order valence-corrected chi connectivity index (χ0v) is 54.4. The molecular formula is C47H24F70O5. The zero-order chi connectivity index (χ0) is 99.4. The van der Waals surface area contributed by atoms with E-state index in [4.69, 9.17) is 0 Å². The van der Waals surface area contributed by atoms with Crippen LogP contribution in [-0.2, 0) is 23.7 Å². The van der Waals surface area contributed by atoms with Gasteiger partial charge in [0, 0.05) is 25.7 Å². The Hall–Kier alpha value is -5.10. The molecule has 732 valence electrons. The molecule has 0 bridgehead atoms. The average molecular weight is 2000 g/mol. The third-order valence-electron chi connectivity index (χ3n) is 15.7. The van der Waals surface area contributed by atoms with Crippen LogP contribution in [0.25, 0.3) is 0 Å². The molecule has 0 amide bonds. The Balaban J connectivity index is 0.000000823. The minimum Gasteiger partial charge on any atom is -0.378 e. The minimum absolute atomic E-state index is 0.128. The molecule has 0 N–H and O–H groups in total. The van der Waals surface area contributed by atoms with E-state index in [1.165, 1.54) is 0 Å². The van der Waals surface area contributed by atoms with Gasteiger partial charge < -0.3 is 23.7 Å². The van der Waals surface area contributed by atoms with Crippen LogP contribution in [0.2, 0.25) is 0 Å². The Labute approximate surface area is 618 Å². The molecule has 4 atom stereocenters. The van der Waals surface area contributed by atoms with Gasteiger partial charge in [0.05, 0.1) is 58.0 Å². The quantitative estimate of drug-likeness (QED) is 0.0372. The monoisotopic (exact) mass is 2000 g/mol. The van der Waals surface area contributed by atoms with Crippen LogP contribution in [0.4, 0.5) is 307 Å². The number of halogens is 70. The summed E-state index contributed by atoms with van der Waals surface area (Å²) in [7, 11) is 0. The second kappa shape index (κ2) is 31.6. The van der Waals surface area contributed by atoms with E-state index in [1.807, 2.05) is 0 Å². The highest BCUT2D eigenvalue weighted by molar-refractivity contribution is 5.23. The average Bonchev–Trinajstić information content (AvgIpc) is 1.04. The van der Waals surface area contributed by atoms with E-state index in [0.29, 0.717) is 0 Å². The Morgan fingerprint density at radius 2 is 0.303 bits per heavy atom. The number of epoxide rings is 4. The Kier molecular flexibility index (Phi) is 29.8. The maximum Gasteiger partial charge on any atom is 0.460 e. The van der Waals surface area contributed by atoms with Gasteiger partial charge in [-0.3, -0.25) is 0 Å². The van der Waals surface area contributed by atoms with Gasteiger partial charge in [0.25, 0.3) is 0 Å². The summed E-state index contributed by atoms with van der Waals surface area (Å²) in [5.74, 6) is -186. The second-order valence-electron chi connectivity index (χ2n) is 24.4. The van der Waals surface area contributed by atoms with E-state index in [9.17, 15) is 307 Å². The zero-order valence-electron chi connectivity index (χ0n) is 54.4. The van der Waals surface area contributed by atoms with Crippen molar-refractivity contribution in [1.82, 2.24) is 0 Å². The molecule has 4 aliphatic rings. The standard InChI is InChI=1S/C14H5F23O.C12H5F19O.C11H9F13O2.C10H5F15O/c15-4(16,1-3-2-38-3)6(18,19)8(22,23)10(26,27)12(30,31)11(28,29)9(24,25)7(20,21)5(17,13(32,33)34)14(35,36)37;13-4(14,1-3-2-32-3)6(16,17)8(20,21)10(24,25)9(22,23)7(18,19)5(15,11(26,27)28)12(29,30)31;12-6(13,1-2-25-3-5-4-26-5)7(14,15)8(16,17)9(18,19)10(20,21)11(22,23)24;11-4(12,1-3-2-26-3)6(14,15)8(18,19)7(16,17)5(13,9(20,21)22)10(23,24)25/h3H,1-2H2;3H,1-2H2;5H,1-4H2;3H,1-2H2. The van der Waals surface area contributed by atoms with Gasteiger partial charge in [-0.2, -0.15) is 294 Å². The van der Waals surface area contributed by atoms with Gasteiger partial charge in [-0.15, -0.1) is 0 Å². The van der Waals surface area contributed by atoms with Crippen LogP contribution in [0.5, 0.6) is 0 Å². The van der Waals surface area contributed by atoms with Crippen molar-refractivity contribution in [1.29, 1.82) is 0 Å². The van der Waals surface area contributed by atoms with Crippen molar-refractivity contribution >= 4 is 0 Å². The Bertz CT molecular complexity index is 3440. The first kappa shape index (κ1) is 115. The Morgan fingerprint density at radius 3 is 0.459 bits per heavy atom. The van der Waals surface area contributed by atoms with E-state index in [2.05, 4.69) is 23.7 Å². The van der Waals surface area contributed by atoms with Gasteiger partial charge >= 0.3 is 196 Å². The first-order chi connectivity index (χ1) is 52.1. The molecule has 0 aromatic heterocycles. The summed E-state index contributed by atoms with van der Waals surface area (Å²) in [5, 5.41) is 0. The van der Waals surface area contributed by atoms with Crippen LogP contribution < -0.4 is 0 Å². The first-order valence-electron chi connectivity index (χ1n) is 28.3. The fourth-order valence-electron chi connectivity index (χ4n) is 8.00. The van der Waals surface area contributed by atoms with Crippen molar-refractivity contribution in [3.05, 3.63) is 0 Å². The number of rotatable bonds is 33. The van der Waals surface area contributed by atoms with Crippen LogP contribution in [0.15, 0.2) is 0 Å². The molecule has 0 spiro atoms. The fraction of sp³-hybridized carbons (Fsp3) is 1.00. The van der Waals surface area contributed by atoms with Crippen molar-refractivity contribution in [2.24, 2.45) is 0 Å². The lowest BCUT2D eigenvalue weighted by Gasteiger charge is -2.46. The molecule has 75 heteroatoms. The minimum atomic E-state index is -9.44. The normalized spacial score (nSPS) is 20.5. The number of ether oxygens (including phenoxy) is 5. The summed E-state index contributed by atoms with van der Waals surface area (Å²) >= 11 is 0. The van der Waals surface area contributed by atoms with Crippen molar-refractivity contribution in [3.63, 3.8) is 0 Å². The molecule has 4 fully saturated rings. The number of hydrogen-bond acceptors (Lipinski definition) is 5. The van der Waals surface area contributed by atoms with Crippen LogP contribution in [0.3, 0.4) is 0 Å². The molecule has 0 aromatic carbocycles. The molecule has 0 radical (unpaired) electrons. The molecule has 0 aliphatic carbocycles. The van der Waals surface area contributed by atoms with E-state index < -0.39 is 280 Å². The van der Waals surface area contributed by atoms with Crippen molar-refractivity contribution in [2.75, 3.05) is 39.6 Å². The van der Waals surface area contributed by atoms with Crippen LogP contribution in [0.1, 0.15) is 25.7 Å². The summed E-state index contributed by atoms with van der Waals surface area (Å²) in [6.07, 6.45) is -73.6. The molecule has 4 saturated heterocycles. The SMILES string of the molecule is FC(F)(F)C(F)(C(F)(F)F)C(F)(F)C(F)(F)C(F)(F)C(F)(F)C(F)(F)C(F)(F)C(F)(F)C(F)(F)CC1CO1.FC(F)(F)C(F)(C(F)(F)F)C(F)(F)C(F)(F)C(F)(F)C(F)(F)C(F)(F)C(F)(F)CC1CO1.FC(F)(F)C(F)(C(F)(F)F)C(F)(F)C(F)(F)C(F)(F)C(F)(F)CC1CO1.FC(F)(F)C(F)(F)C(F)(F)C(F)(F)C(F)(F)C(F)(F)CCOCC1CO1. The van der Waals surface area contributed by atoms with E-state index in [1.54, 1.807) is 0 Å². The second-order valence-corrected chi connectivity index (χ2v) is 24.4. The van der Waals surface area contributed by atoms with Crippen LogP contribution in [-0.4, -0.2) is 261 Å². The fourth-order valence-corrected chi connectivity index (χ4v) is 8.00. The molecule has 5 nitrogen and oxygen atoms in total.